The molecule has 2 aromatic rings. The van der Waals surface area contributed by atoms with Crippen LogP contribution in [0.5, 0.6) is 0 Å². The number of aryl methyl sites for hydroxylation is 2. The third kappa shape index (κ3) is 5.79. The summed E-state index contributed by atoms with van der Waals surface area (Å²) in [5, 5.41) is 0.536. The molecule has 2 N–H and O–H groups in total. The Balaban J connectivity index is 2.01. The van der Waals surface area contributed by atoms with Gasteiger partial charge >= 0.3 is 0 Å². The number of amides is 2. The molecule has 0 bridgehead atoms. The van der Waals surface area contributed by atoms with E-state index in [4.69, 9.17) is 5.73 Å². The van der Waals surface area contributed by atoms with Gasteiger partial charge in [0.05, 0.1) is 11.8 Å². The first-order chi connectivity index (χ1) is 12.8. The lowest BCUT2D eigenvalue weighted by Gasteiger charge is -2.25. The van der Waals surface area contributed by atoms with Gasteiger partial charge in [0.15, 0.2) is 5.16 Å². The van der Waals surface area contributed by atoms with Crippen molar-refractivity contribution in [2.75, 3.05) is 12.8 Å². The lowest BCUT2D eigenvalue weighted by molar-refractivity contribution is -0.131. The molecule has 1 atom stereocenters. The Kier molecular flexibility index (Phi) is 7.36. The van der Waals surface area contributed by atoms with Gasteiger partial charge in [0.1, 0.15) is 0 Å². The number of hydrogen-bond donors (Lipinski definition) is 1. The van der Waals surface area contributed by atoms with Crippen molar-refractivity contribution in [2.24, 2.45) is 5.73 Å². The van der Waals surface area contributed by atoms with Crippen LogP contribution in [0.2, 0.25) is 0 Å². The first-order valence-electron chi connectivity index (χ1n) is 8.85. The third-order valence-corrected chi connectivity index (χ3v) is 5.46. The molecule has 0 aliphatic rings. The summed E-state index contributed by atoms with van der Waals surface area (Å²) in [6, 6.07) is 10.00. The Morgan fingerprint density at radius 1 is 1.15 bits per heavy atom. The Labute approximate surface area is 164 Å². The zero-order valence-corrected chi connectivity index (χ0v) is 17.0. The maximum Gasteiger partial charge on any atom is 0.227 e. The van der Waals surface area contributed by atoms with Crippen LogP contribution in [-0.2, 0) is 16.0 Å². The summed E-state index contributed by atoms with van der Waals surface area (Å²) < 4.78 is 0. The Morgan fingerprint density at radius 2 is 1.74 bits per heavy atom. The quantitative estimate of drug-likeness (QED) is 0.557. The number of nitrogens with two attached hydrogens (primary N) is 1. The maximum atomic E-state index is 12.6. The number of nitrogens with zero attached hydrogens (tertiary/aromatic N) is 3. The lowest BCUT2D eigenvalue weighted by Crippen LogP contribution is -2.30. The average molecular weight is 387 g/mol. The second-order valence-electron chi connectivity index (χ2n) is 6.50. The topological polar surface area (TPSA) is 89.2 Å². The first-order valence-corrected chi connectivity index (χ1v) is 9.84. The van der Waals surface area contributed by atoms with E-state index >= 15 is 0 Å². The average Bonchev–Trinajstić information content (AvgIpc) is 2.65. The van der Waals surface area contributed by atoms with Crippen LogP contribution in [0.15, 0.2) is 35.5 Å². The van der Waals surface area contributed by atoms with Crippen LogP contribution in [0.3, 0.4) is 0 Å². The van der Waals surface area contributed by atoms with Crippen molar-refractivity contribution in [1.29, 1.82) is 0 Å². The van der Waals surface area contributed by atoms with E-state index < -0.39 is 5.91 Å². The van der Waals surface area contributed by atoms with E-state index in [9.17, 15) is 9.59 Å². The molecule has 0 spiro atoms. The van der Waals surface area contributed by atoms with E-state index in [-0.39, 0.29) is 17.7 Å². The standard InChI is InChI=1S/C20H26N4O2S/c1-13-17(14(2)23-20(22-13)27-12-18(21)25)10-11-19(26)24(4)15(3)16-8-6-5-7-9-16/h5-9,15H,10-12H2,1-4H3,(H2,21,25)/t15-/m0/s1. The van der Waals surface area contributed by atoms with E-state index in [0.717, 1.165) is 22.5 Å². The van der Waals surface area contributed by atoms with Gasteiger partial charge in [-0.05, 0) is 38.3 Å². The van der Waals surface area contributed by atoms with Crippen LogP contribution in [0, 0.1) is 13.8 Å². The monoisotopic (exact) mass is 386 g/mol. The van der Waals surface area contributed by atoms with Gasteiger partial charge in [-0.25, -0.2) is 9.97 Å². The maximum absolute atomic E-state index is 12.6. The molecule has 1 aromatic heterocycles. The Hall–Kier alpha value is -2.41. The molecule has 6 nitrogen and oxygen atoms in total. The Bertz CT molecular complexity index is 788. The summed E-state index contributed by atoms with van der Waals surface area (Å²) in [6.45, 7) is 5.83. The second-order valence-corrected chi connectivity index (χ2v) is 7.44. The minimum Gasteiger partial charge on any atom is -0.369 e. The largest absolute Gasteiger partial charge is 0.369 e. The number of thioether (sulfide) groups is 1. The summed E-state index contributed by atoms with van der Waals surface area (Å²) >= 11 is 1.22. The predicted octanol–water partition coefficient (Wildman–Crippen LogP) is 2.82. The number of benzene rings is 1. The van der Waals surface area contributed by atoms with Crippen molar-refractivity contribution < 1.29 is 9.59 Å². The zero-order valence-electron chi connectivity index (χ0n) is 16.2. The number of rotatable bonds is 8. The van der Waals surface area contributed by atoms with Gasteiger partial charge in [-0.15, -0.1) is 0 Å². The van der Waals surface area contributed by atoms with Gasteiger partial charge in [0, 0.05) is 24.9 Å². The molecule has 0 unspecified atom stereocenters. The molecule has 2 rings (SSSR count). The molecule has 7 heteroatoms. The number of hydrogen-bond acceptors (Lipinski definition) is 5. The van der Waals surface area contributed by atoms with Crippen LogP contribution < -0.4 is 5.73 Å². The van der Waals surface area contributed by atoms with Gasteiger partial charge in [-0.1, -0.05) is 42.1 Å². The third-order valence-electron chi connectivity index (χ3n) is 4.59. The highest BCUT2D eigenvalue weighted by atomic mass is 32.2. The van der Waals surface area contributed by atoms with E-state index in [2.05, 4.69) is 9.97 Å². The summed E-state index contributed by atoms with van der Waals surface area (Å²) in [5.74, 6) is -0.166. The van der Waals surface area contributed by atoms with Crippen molar-refractivity contribution >= 4 is 23.6 Å². The molecule has 1 aromatic carbocycles. The molecule has 0 aliphatic heterocycles. The lowest BCUT2D eigenvalue weighted by atomic mass is 10.0. The first kappa shape index (κ1) is 20.9. The van der Waals surface area contributed by atoms with E-state index in [1.807, 2.05) is 58.2 Å². The number of carbonyl (C=O) groups excluding carboxylic acids is 2. The summed E-state index contributed by atoms with van der Waals surface area (Å²) in [7, 11) is 1.83. The van der Waals surface area contributed by atoms with Crippen LogP contribution in [0.25, 0.3) is 0 Å². The Morgan fingerprint density at radius 3 is 2.30 bits per heavy atom. The molecular weight excluding hydrogens is 360 g/mol. The van der Waals surface area contributed by atoms with Gasteiger partial charge in [-0.2, -0.15) is 0 Å². The van der Waals surface area contributed by atoms with E-state index in [0.29, 0.717) is 18.0 Å². The van der Waals surface area contributed by atoms with Crippen molar-refractivity contribution in [3.63, 3.8) is 0 Å². The molecule has 0 saturated heterocycles. The van der Waals surface area contributed by atoms with E-state index in [1.54, 1.807) is 4.90 Å². The van der Waals surface area contributed by atoms with Crippen LogP contribution in [-0.4, -0.2) is 39.5 Å². The molecule has 0 radical (unpaired) electrons. The fourth-order valence-corrected chi connectivity index (χ4v) is 3.52. The second kappa shape index (κ2) is 9.50. The van der Waals surface area contributed by atoms with Crippen molar-refractivity contribution in [2.45, 2.75) is 44.8 Å². The van der Waals surface area contributed by atoms with Crippen LogP contribution >= 0.6 is 11.8 Å². The summed E-state index contributed by atoms with van der Waals surface area (Å²) in [6.07, 6.45) is 0.982. The molecular formula is C20H26N4O2S. The molecule has 144 valence electrons. The summed E-state index contributed by atoms with van der Waals surface area (Å²) in [4.78, 5) is 34.2. The predicted molar refractivity (Wildman–Crippen MR) is 107 cm³/mol. The van der Waals surface area contributed by atoms with Crippen LogP contribution in [0.4, 0.5) is 0 Å². The minimum absolute atomic E-state index is 0.0183. The summed E-state index contributed by atoms with van der Waals surface area (Å²) in [5.41, 5.74) is 8.92. The minimum atomic E-state index is -0.399. The van der Waals surface area contributed by atoms with Crippen molar-refractivity contribution in [3.8, 4) is 0 Å². The molecule has 0 saturated carbocycles. The van der Waals surface area contributed by atoms with Gasteiger partial charge in [-0.3, -0.25) is 9.59 Å². The van der Waals surface area contributed by atoms with Gasteiger partial charge < -0.3 is 10.6 Å². The highest BCUT2D eigenvalue weighted by Gasteiger charge is 2.18. The van der Waals surface area contributed by atoms with Crippen molar-refractivity contribution in [1.82, 2.24) is 14.9 Å². The highest BCUT2D eigenvalue weighted by molar-refractivity contribution is 7.99. The normalized spacial score (nSPS) is 11.9. The SMILES string of the molecule is Cc1nc(SCC(N)=O)nc(C)c1CCC(=O)N(C)[C@@H](C)c1ccccc1. The van der Waals surface area contributed by atoms with Crippen LogP contribution in [0.1, 0.15) is 41.9 Å². The fourth-order valence-electron chi connectivity index (χ4n) is 2.85. The van der Waals surface area contributed by atoms with Gasteiger partial charge in [0.25, 0.3) is 0 Å². The van der Waals surface area contributed by atoms with E-state index in [1.165, 1.54) is 11.8 Å². The molecule has 1 heterocycles. The van der Waals surface area contributed by atoms with Crippen molar-refractivity contribution in [3.05, 3.63) is 52.8 Å². The fraction of sp³-hybridized carbons (Fsp3) is 0.400. The number of primary amides is 1. The number of aromatic nitrogens is 2. The molecule has 0 aliphatic carbocycles. The molecule has 2 amide bonds. The number of carbonyl (C=O) groups is 2. The van der Waals surface area contributed by atoms with Gasteiger partial charge in [0.2, 0.25) is 11.8 Å². The molecule has 27 heavy (non-hydrogen) atoms. The highest BCUT2D eigenvalue weighted by Crippen LogP contribution is 2.21. The zero-order chi connectivity index (χ0) is 20.0. The molecule has 0 fully saturated rings. The smallest absolute Gasteiger partial charge is 0.227 e.